The van der Waals surface area contributed by atoms with Crippen molar-refractivity contribution in [2.24, 2.45) is 0 Å². The average molecular weight is 444 g/mol. The standard InChI is InChI=1S/C24H33N3O3S/c1-18(2)26-31(29,30)23-13-11-22(12-14-23)24(28)25-16-20-7-9-21(10-8-20)17-27-15-5-4-6-19(27)3/h7-14,18-19,26H,4-6,15-17H2,1-3H3,(H,25,28). The number of benzene rings is 2. The van der Waals surface area contributed by atoms with E-state index in [9.17, 15) is 13.2 Å². The van der Waals surface area contributed by atoms with Crippen LogP contribution in [-0.2, 0) is 23.1 Å². The van der Waals surface area contributed by atoms with Gasteiger partial charge in [0.25, 0.3) is 5.91 Å². The number of hydrogen-bond acceptors (Lipinski definition) is 4. The molecule has 2 N–H and O–H groups in total. The summed E-state index contributed by atoms with van der Waals surface area (Å²) in [5.74, 6) is -0.230. The molecule has 0 aromatic heterocycles. The minimum atomic E-state index is -3.56. The lowest BCUT2D eigenvalue weighted by Gasteiger charge is -2.33. The highest BCUT2D eigenvalue weighted by atomic mass is 32.2. The molecular formula is C24H33N3O3S. The minimum absolute atomic E-state index is 0.149. The number of likely N-dealkylation sites (tertiary alicyclic amines) is 1. The quantitative estimate of drug-likeness (QED) is 0.652. The molecule has 1 aliphatic rings. The third-order valence-corrected chi connectivity index (χ3v) is 7.29. The van der Waals surface area contributed by atoms with Crippen LogP contribution in [0, 0.1) is 0 Å². The number of nitrogens with zero attached hydrogens (tertiary/aromatic N) is 1. The molecule has 7 heteroatoms. The van der Waals surface area contributed by atoms with Gasteiger partial charge in [-0.25, -0.2) is 13.1 Å². The van der Waals surface area contributed by atoms with Crippen LogP contribution in [-0.4, -0.2) is 37.9 Å². The van der Waals surface area contributed by atoms with E-state index in [0.29, 0.717) is 18.2 Å². The molecule has 6 nitrogen and oxygen atoms in total. The SMILES string of the molecule is CC(C)NS(=O)(=O)c1ccc(C(=O)NCc2ccc(CN3CCCCC3C)cc2)cc1. The molecule has 0 aliphatic carbocycles. The molecule has 1 aliphatic heterocycles. The van der Waals surface area contributed by atoms with Crippen molar-refractivity contribution >= 4 is 15.9 Å². The van der Waals surface area contributed by atoms with Gasteiger partial charge in [0.05, 0.1) is 4.90 Å². The molecule has 1 saturated heterocycles. The summed E-state index contributed by atoms with van der Waals surface area (Å²) in [5, 5.41) is 2.90. The van der Waals surface area contributed by atoms with E-state index in [4.69, 9.17) is 0 Å². The van der Waals surface area contributed by atoms with Crippen LogP contribution >= 0.6 is 0 Å². The molecular weight excluding hydrogens is 410 g/mol. The van der Waals surface area contributed by atoms with Crippen LogP contribution in [0.4, 0.5) is 0 Å². The number of nitrogens with one attached hydrogen (secondary N) is 2. The summed E-state index contributed by atoms with van der Waals surface area (Å²) in [4.78, 5) is 15.1. The fraction of sp³-hybridized carbons (Fsp3) is 0.458. The predicted octanol–water partition coefficient (Wildman–Crippen LogP) is 3.68. The predicted molar refractivity (Wildman–Crippen MR) is 123 cm³/mol. The first kappa shape index (κ1) is 23.4. The molecule has 1 amide bonds. The largest absolute Gasteiger partial charge is 0.348 e. The number of piperidine rings is 1. The molecule has 168 valence electrons. The smallest absolute Gasteiger partial charge is 0.251 e. The van der Waals surface area contributed by atoms with Crippen LogP contribution in [0.15, 0.2) is 53.4 Å². The van der Waals surface area contributed by atoms with Crippen molar-refractivity contribution in [3.05, 3.63) is 65.2 Å². The summed E-state index contributed by atoms with van der Waals surface area (Å²) in [6.07, 6.45) is 3.87. The highest BCUT2D eigenvalue weighted by Gasteiger charge is 2.18. The number of rotatable bonds is 8. The average Bonchev–Trinajstić information content (AvgIpc) is 2.74. The van der Waals surface area contributed by atoms with Gasteiger partial charge in [0, 0.05) is 30.7 Å². The highest BCUT2D eigenvalue weighted by molar-refractivity contribution is 7.89. The summed E-state index contributed by atoms with van der Waals surface area (Å²) < 4.78 is 26.9. The first-order chi connectivity index (χ1) is 14.7. The molecule has 2 aromatic rings. The number of amides is 1. The highest BCUT2D eigenvalue weighted by Crippen LogP contribution is 2.19. The third-order valence-electron chi connectivity index (χ3n) is 5.62. The Balaban J connectivity index is 1.53. The van der Waals surface area contributed by atoms with Gasteiger partial charge in [0.2, 0.25) is 10.0 Å². The molecule has 0 spiro atoms. The number of carbonyl (C=O) groups excluding carboxylic acids is 1. The van der Waals surface area contributed by atoms with Gasteiger partial charge in [-0.15, -0.1) is 0 Å². The van der Waals surface area contributed by atoms with Crippen LogP contribution in [0.2, 0.25) is 0 Å². The molecule has 1 heterocycles. The van der Waals surface area contributed by atoms with E-state index in [1.807, 2.05) is 0 Å². The van der Waals surface area contributed by atoms with Crippen LogP contribution < -0.4 is 10.0 Å². The Morgan fingerprint density at radius 1 is 1.03 bits per heavy atom. The topological polar surface area (TPSA) is 78.5 Å². The van der Waals surface area contributed by atoms with Gasteiger partial charge in [0.15, 0.2) is 0 Å². The summed E-state index contributed by atoms with van der Waals surface area (Å²) in [7, 11) is -3.56. The minimum Gasteiger partial charge on any atom is -0.348 e. The molecule has 3 rings (SSSR count). The van der Waals surface area contributed by atoms with Crippen LogP contribution in [0.5, 0.6) is 0 Å². The van der Waals surface area contributed by atoms with E-state index in [-0.39, 0.29) is 16.8 Å². The second-order valence-corrected chi connectivity index (χ2v) is 10.3. The molecule has 1 unspecified atom stereocenters. The van der Waals surface area contributed by atoms with Crippen LogP contribution in [0.3, 0.4) is 0 Å². The zero-order chi connectivity index (χ0) is 22.4. The zero-order valence-electron chi connectivity index (χ0n) is 18.6. The second-order valence-electron chi connectivity index (χ2n) is 8.61. The monoisotopic (exact) mass is 443 g/mol. The van der Waals surface area contributed by atoms with E-state index < -0.39 is 10.0 Å². The maximum absolute atomic E-state index is 12.4. The van der Waals surface area contributed by atoms with Crippen molar-refractivity contribution in [2.45, 2.75) is 70.1 Å². The van der Waals surface area contributed by atoms with Crippen molar-refractivity contribution in [1.82, 2.24) is 14.9 Å². The third kappa shape index (κ3) is 6.63. The maximum Gasteiger partial charge on any atom is 0.251 e. The molecule has 0 bridgehead atoms. The first-order valence-corrected chi connectivity index (χ1v) is 12.5. The lowest BCUT2D eigenvalue weighted by atomic mass is 10.0. The number of carbonyl (C=O) groups is 1. The van der Waals surface area contributed by atoms with Crippen molar-refractivity contribution in [3.63, 3.8) is 0 Å². The molecule has 0 saturated carbocycles. The Bertz CT molecular complexity index is 970. The van der Waals surface area contributed by atoms with E-state index in [1.54, 1.807) is 13.8 Å². The normalized spacial score (nSPS) is 17.6. The van der Waals surface area contributed by atoms with Gasteiger partial charge >= 0.3 is 0 Å². The molecule has 1 atom stereocenters. The summed E-state index contributed by atoms with van der Waals surface area (Å²) in [6, 6.07) is 14.8. The zero-order valence-corrected chi connectivity index (χ0v) is 19.4. The Labute approximate surface area is 186 Å². The lowest BCUT2D eigenvalue weighted by molar-refractivity contribution is 0.0951. The van der Waals surface area contributed by atoms with E-state index in [2.05, 4.69) is 46.1 Å². The number of sulfonamides is 1. The fourth-order valence-corrected chi connectivity index (χ4v) is 5.09. The first-order valence-electron chi connectivity index (χ1n) is 11.0. The molecule has 0 radical (unpaired) electrons. The summed E-state index contributed by atoms with van der Waals surface area (Å²) >= 11 is 0. The van der Waals surface area contributed by atoms with Crippen molar-refractivity contribution < 1.29 is 13.2 Å². The van der Waals surface area contributed by atoms with Gasteiger partial charge in [-0.05, 0) is 75.5 Å². The van der Waals surface area contributed by atoms with Crippen molar-refractivity contribution in [2.75, 3.05) is 6.54 Å². The fourth-order valence-electron chi connectivity index (χ4n) is 3.84. The maximum atomic E-state index is 12.4. The molecule has 2 aromatic carbocycles. The van der Waals surface area contributed by atoms with E-state index >= 15 is 0 Å². The Morgan fingerprint density at radius 3 is 2.29 bits per heavy atom. The van der Waals surface area contributed by atoms with Gasteiger partial charge in [-0.3, -0.25) is 9.69 Å². The molecule has 1 fully saturated rings. The van der Waals surface area contributed by atoms with Crippen molar-refractivity contribution in [1.29, 1.82) is 0 Å². The van der Waals surface area contributed by atoms with Gasteiger partial charge in [-0.1, -0.05) is 30.7 Å². The molecule has 31 heavy (non-hydrogen) atoms. The lowest BCUT2D eigenvalue weighted by Crippen LogP contribution is -2.36. The summed E-state index contributed by atoms with van der Waals surface area (Å²) in [6.45, 7) is 8.38. The van der Waals surface area contributed by atoms with Crippen molar-refractivity contribution in [3.8, 4) is 0 Å². The Kier molecular flexibility index (Phi) is 7.86. The van der Waals surface area contributed by atoms with Gasteiger partial charge < -0.3 is 5.32 Å². The van der Waals surface area contributed by atoms with E-state index in [1.165, 1.54) is 49.1 Å². The van der Waals surface area contributed by atoms with Crippen LogP contribution in [0.25, 0.3) is 0 Å². The number of hydrogen-bond donors (Lipinski definition) is 2. The van der Waals surface area contributed by atoms with Crippen LogP contribution in [0.1, 0.15) is 61.5 Å². The second kappa shape index (κ2) is 10.4. The Hall–Kier alpha value is -2.22. The van der Waals surface area contributed by atoms with Gasteiger partial charge in [0.1, 0.15) is 0 Å². The Morgan fingerprint density at radius 2 is 1.68 bits per heavy atom. The van der Waals surface area contributed by atoms with E-state index in [0.717, 1.165) is 18.7 Å². The van der Waals surface area contributed by atoms with Gasteiger partial charge in [-0.2, -0.15) is 0 Å². The summed E-state index contributed by atoms with van der Waals surface area (Å²) in [5.41, 5.74) is 2.75.